The third kappa shape index (κ3) is 3.51. The Morgan fingerprint density at radius 3 is 2.85 bits per heavy atom. The van der Waals surface area contributed by atoms with Gasteiger partial charge in [-0.2, -0.15) is 0 Å². The summed E-state index contributed by atoms with van der Waals surface area (Å²) in [6, 6.07) is 0. The number of hydrogen-bond acceptors (Lipinski definition) is 3. The maximum Gasteiger partial charge on any atom is 0.220 e. The summed E-state index contributed by atoms with van der Waals surface area (Å²) < 4.78 is 5.08. The van der Waals surface area contributed by atoms with Crippen molar-refractivity contribution in [2.45, 2.75) is 38.9 Å². The SMILES string of the molecule is CCCCCC1=CC(O)=CC(O)O1. The van der Waals surface area contributed by atoms with Crippen LogP contribution < -0.4 is 0 Å². The van der Waals surface area contributed by atoms with E-state index in [0.717, 1.165) is 25.7 Å². The van der Waals surface area contributed by atoms with Gasteiger partial charge >= 0.3 is 0 Å². The topological polar surface area (TPSA) is 49.7 Å². The van der Waals surface area contributed by atoms with Gasteiger partial charge in [-0.15, -0.1) is 0 Å². The molecule has 1 aliphatic rings. The number of allylic oxidation sites excluding steroid dienone is 2. The molecule has 13 heavy (non-hydrogen) atoms. The van der Waals surface area contributed by atoms with Crippen LogP contribution in [0.1, 0.15) is 32.6 Å². The number of hydrogen-bond donors (Lipinski definition) is 2. The quantitative estimate of drug-likeness (QED) is 0.659. The molecule has 0 fully saturated rings. The maximum atomic E-state index is 9.15. The Labute approximate surface area is 78.3 Å². The van der Waals surface area contributed by atoms with Crippen molar-refractivity contribution in [2.24, 2.45) is 0 Å². The zero-order valence-corrected chi connectivity index (χ0v) is 7.86. The summed E-state index contributed by atoms with van der Waals surface area (Å²) in [6.45, 7) is 2.13. The van der Waals surface area contributed by atoms with E-state index in [1.54, 1.807) is 6.08 Å². The largest absolute Gasteiger partial charge is 0.508 e. The van der Waals surface area contributed by atoms with E-state index >= 15 is 0 Å². The van der Waals surface area contributed by atoms with Crippen LogP contribution in [-0.2, 0) is 4.74 Å². The van der Waals surface area contributed by atoms with Crippen molar-refractivity contribution >= 4 is 0 Å². The van der Waals surface area contributed by atoms with Crippen molar-refractivity contribution in [1.82, 2.24) is 0 Å². The van der Waals surface area contributed by atoms with Crippen LogP contribution in [-0.4, -0.2) is 16.5 Å². The Morgan fingerprint density at radius 1 is 1.46 bits per heavy atom. The summed E-state index contributed by atoms with van der Waals surface area (Å²) >= 11 is 0. The molecule has 1 heterocycles. The molecule has 0 spiro atoms. The summed E-state index contributed by atoms with van der Waals surface area (Å²) in [4.78, 5) is 0. The molecule has 0 saturated carbocycles. The molecule has 3 nitrogen and oxygen atoms in total. The molecule has 1 atom stereocenters. The van der Waals surface area contributed by atoms with Crippen LogP contribution in [0.3, 0.4) is 0 Å². The van der Waals surface area contributed by atoms with E-state index in [1.807, 2.05) is 0 Å². The minimum absolute atomic E-state index is 0.0882. The molecule has 74 valence electrons. The first-order valence-electron chi connectivity index (χ1n) is 4.68. The minimum Gasteiger partial charge on any atom is -0.508 e. The summed E-state index contributed by atoms with van der Waals surface area (Å²) in [5.41, 5.74) is 0. The Bertz CT molecular complexity index is 218. The molecule has 3 heteroatoms. The van der Waals surface area contributed by atoms with Crippen LogP contribution in [0.15, 0.2) is 23.7 Å². The highest BCUT2D eigenvalue weighted by molar-refractivity contribution is 5.18. The van der Waals surface area contributed by atoms with Gasteiger partial charge in [-0.1, -0.05) is 19.8 Å². The maximum absolute atomic E-state index is 9.15. The van der Waals surface area contributed by atoms with E-state index < -0.39 is 6.29 Å². The first-order chi connectivity index (χ1) is 6.22. The van der Waals surface area contributed by atoms with E-state index in [2.05, 4.69) is 6.92 Å². The van der Waals surface area contributed by atoms with Crippen LogP contribution in [0, 0.1) is 0 Å². The summed E-state index contributed by atoms with van der Waals surface area (Å²) in [7, 11) is 0. The second-order valence-corrected chi connectivity index (χ2v) is 3.17. The van der Waals surface area contributed by atoms with Crippen LogP contribution >= 0.6 is 0 Å². The summed E-state index contributed by atoms with van der Waals surface area (Å²) in [5.74, 6) is 0.756. The van der Waals surface area contributed by atoms with Gasteiger partial charge in [-0.3, -0.25) is 0 Å². The molecule has 1 unspecified atom stereocenters. The lowest BCUT2D eigenvalue weighted by Crippen LogP contribution is -2.13. The van der Waals surface area contributed by atoms with Crippen molar-refractivity contribution in [1.29, 1.82) is 0 Å². The number of rotatable bonds is 4. The average Bonchev–Trinajstić information content (AvgIpc) is 2.03. The molecule has 0 aliphatic carbocycles. The molecule has 1 aliphatic heterocycles. The second kappa shape index (κ2) is 4.92. The zero-order valence-electron chi connectivity index (χ0n) is 7.86. The standard InChI is InChI=1S/C10H16O3/c1-2-3-4-5-9-6-8(11)7-10(12)13-9/h6-7,10-12H,2-5H2,1H3. The number of aliphatic hydroxyl groups excluding tert-OH is 2. The highest BCUT2D eigenvalue weighted by Gasteiger charge is 2.12. The van der Waals surface area contributed by atoms with Gasteiger partial charge in [0.05, 0.1) is 0 Å². The Kier molecular flexibility index (Phi) is 3.83. The van der Waals surface area contributed by atoms with Gasteiger partial charge in [-0.25, -0.2) is 0 Å². The van der Waals surface area contributed by atoms with E-state index in [9.17, 15) is 0 Å². The van der Waals surface area contributed by atoms with E-state index in [4.69, 9.17) is 14.9 Å². The van der Waals surface area contributed by atoms with Gasteiger partial charge < -0.3 is 14.9 Å². The van der Waals surface area contributed by atoms with E-state index in [1.165, 1.54) is 6.08 Å². The molecule has 0 radical (unpaired) electrons. The van der Waals surface area contributed by atoms with Crippen molar-refractivity contribution in [3.8, 4) is 0 Å². The van der Waals surface area contributed by atoms with Gasteiger partial charge in [0, 0.05) is 18.6 Å². The highest BCUT2D eigenvalue weighted by Crippen LogP contribution is 2.18. The zero-order chi connectivity index (χ0) is 9.68. The highest BCUT2D eigenvalue weighted by atomic mass is 16.6. The Balaban J connectivity index is 2.37. The van der Waals surface area contributed by atoms with Gasteiger partial charge in [0.2, 0.25) is 6.29 Å². The van der Waals surface area contributed by atoms with Crippen LogP contribution in [0.5, 0.6) is 0 Å². The molecule has 0 aromatic carbocycles. The Morgan fingerprint density at radius 2 is 2.23 bits per heavy atom. The van der Waals surface area contributed by atoms with Gasteiger partial charge in [-0.05, 0) is 6.42 Å². The van der Waals surface area contributed by atoms with Crippen molar-refractivity contribution < 1.29 is 14.9 Å². The normalized spacial score (nSPS) is 21.8. The third-order valence-corrected chi connectivity index (χ3v) is 1.92. The smallest absolute Gasteiger partial charge is 0.220 e. The van der Waals surface area contributed by atoms with Crippen molar-refractivity contribution in [3.05, 3.63) is 23.7 Å². The average molecular weight is 184 g/mol. The van der Waals surface area contributed by atoms with Crippen LogP contribution in [0.25, 0.3) is 0 Å². The van der Waals surface area contributed by atoms with Gasteiger partial charge in [0.25, 0.3) is 0 Å². The molecule has 0 saturated heterocycles. The number of unbranched alkanes of at least 4 members (excludes halogenated alkanes) is 2. The minimum atomic E-state index is -0.985. The van der Waals surface area contributed by atoms with E-state index in [0.29, 0.717) is 5.76 Å². The predicted octanol–water partition coefficient (Wildman–Crippen LogP) is 2.24. The van der Waals surface area contributed by atoms with Gasteiger partial charge in [0.15, 0.2) is 0 Å². The predicted molar refractivity (Wildman–Crippen MR) is 50.0 cm³/mol. The van der Waals surface area contributed by atoms with E-state index in [-0.39, 0.29) is 5.76 Å². The lowest BCUT2D eigenvalue weighted by Gasteiger charge is -2.17. The molecule has 2 N–H and O–H groups in total. The van der Waals surface area contributed by atoms with Crippen molar-refractivity contribution in [3.63, 3.8) is 0 Å². The van der Waals surface area contributed by atoms with Gasteiger partial charge in [0.1, 0.15) is 11.5 Å². The fraction of sp³-hybridized carbons (Fsp3) is 0.600. The number of ether oxygens (including phenoxy) is 1. The first-order valence-corrected chi connectivity index (χ1v) is 4.68. The molecule has 0 bridgehead atoms. The molecule has 0 aromatic rings. The summed E-state index contributed by atoms with van der Waals surface area (Å²) in [6.07, 6.45) is 5.94. The molecule has 0 aromatic heterocycles. The second-order valence-electron chi connectivity index (χ2n) is 3.17. The molecular formula is C10H16O3. The molecular weight excluding hydrogens is 168 g/mol. The van der Waals surface area contributed by atoms with Crippen molar-refractivity contribution in [2.75, 3.05) is 0 Å². The fourth-order valence-corrected chi connectivity index (χ4v) is 1.26. The molecule has 1 rings (SSSR count). The lowest BCUT2D eigenvalue weighted by atomic mass is 10.1. The lowest BCUT2D eigenvalue weighted by molar-refractivity contribution is -0.0358. The van der Waals surface area contributed by atoms with Crippen LogP contribution in [0.2, 0.25) is 0 Å². The van der Waals surface area contributed by atoms with Crippen LogP contribution in [0.4, 0.5) is 0 Å². The first kappa shape index (κ1) is 10.1. The fourth-order valence-electron chi connectivity index (χ4n) is 1.26. The Hall–Kier alpha value is -0.960. The monoisotopic (exact) mass is 184 g/mol. The molecule has 0 amide bonds. The summed E-state index contributed by atoms with van der Waals surface area (Å²) in [5, 5.41) is 18.3. The third-order valence-electron chi connectivity index (χ3n) is 1.92. The number of aliphatic hydroxyl groups is 2.